The summed E-state index contributed by atoms with van der Waals surface area (Å²) in [5.41, 5.74) is 7.75. The van der Waals surface area contributed by atoms with Crippen molar-refractivity contribution in [2.24, 2.45) is 0 Å². The number of rotatable bonds is 7. The van der Waals surface area contributed by atoms with Crippen molar-refractivity contribution in [3.05, 3.63) is 74.9 Å². The zero-order chi connectivity index (χ0) is 22.4. The Balaban J connectivity index is 1.81. The number of nitriles is 2. The largest absolute Gasteiger partial charge is 0.489 e. The number of nitrogens with two attached hydrogens (primary N) is 1. The first-order valence-electron chi connectivity index (χ1n) is 9.13. The van der Waals surface area contributed by atoms with Crippen LogP contribution in [0.2, 0.25) is 10.0 Å². The average molecular weight is 454 g/mol. The van der Waals surface area contributed by atoms with Gasteiger partial charge in [-0.3, -0.25) is 0 Å². The molecule has 0 unspecified atom stereocenters. The van der Waals surface area contributed by atoms with Gasteiger partial charge in [-0.2, -0.15) is 15.6 Å². The van der Waals surface area contributed by atoms with Crippen LogP contribution in [0.1, 0.15) is 22.4 Å². The van der Waals surface area contributed by atoms with Crippen LogP contribution in [0.3, 0.4) is 0 Å². The number of allylic oxidation sites excluding steroid dienone is 1. The van der Waals surface area contributed by atoms with E-state index in [-0.39, 0.29) is 42.4 Å². The van der Waals surface area contributed by atoms with Crippen LogP contribution in [0.5, 0.6) is 5.75 Å². The molecule has 7 nitrogen and oxygen atoms in total. The smallest absolute Gasteiger partial charge is 0.140 e. The van der Waals surface area contributed by atoms with Crippen LogP contribution in [0.25, 0.3) is 11.6 Å². The third kappa shape index (κ3) is 4.99. The first kappa shape index (κ1) is 22.2. The fourth-order valence-corrected chi connectivity index (χ4v) is 3.35. The van der Waals surface area contributed by atoms with E-state index in [9.17, 15) is 10.5 Å². The van der Waals surface area contributed by atoms with Gasteiger partial charge in [-0.05, 0) is 35.9 Å². The Labute approximate surface area is 189 Å². The molecule has 0 saturated heterocycles. The lowest BCUT2D eigenvalue weighted by Gasteiger charge is -2.09. The van der Waals surface area contributed by atoms with Crippen molar-refractivity contribution in [2.45, 2.75) is 13.2 Å². The Morgan fingerprint density at radius 3 is 2.42 bits per heavy atom. The van der Waals surface area contributed by atoms with Crippen LogP contribution < -0.4 is 10.5 Å². The molecule has 0 fully saturated rings. The molecule has 2 aromatic carbocycles. The molecule has 156 valence electrons. The highest BCUT2D eigenvalue weighted by Gasteiger charge is 2.18. The molecule has 0 atom stereocenters. The molecule has 3 aromatic rings. The Kier molecular flexibility index (Phi) is 7.17. The second-order valence-electron chi connectivity index (χ2n) is 6.40. The van der Waals surface area contributed by atoms with Crippen LogP contribution in [0.15, 0.2) is 42.5 Å². The third-order valence-corrected chi connectivity index (χ3v) is 5.14. The van der Waals surface area contributed by atoms with Crippen molar-refractivity contribution < 1.29 is 9.84 Å². The monoisotopic (exact) mass is 453 g/mol. The predicted molar refractivity (Wildman–Crippen MR) is 119 cm³/mol. The average Bonchev–Trinajstić information content (AvgIpc) is 3.08. The summed E-state index contributed by atoms with van der Waals surface area (Å²) in [4.78, 5) is 0. The van der Waals surface area contributed by atoms with Gasteiger partial charge in [0.15, 0.2) is 0 Å². The normalized spacial score (nSPS) is 11.1. The summed E-state index contributed by atoms with van der Waals surface area (Å²) < 4.78 is 7.06. The molecular formula is C22H17Cl2N5O2. The molecule has 0 aliphatic carbocycles. The van der Waals surface area contributed by atoms with Gasteiger partial charge in [-0.1, -0.05) is 41.4 Å². The van der Waals surface area contributed by atoms with Crippen molar-refractivity contribution in [3.63, 3.8) is 0 Å². The maximum absolute atomic E-state index is 9.59. The maximum atomic E-state index is 9.59. The topological polar surface area (TPSA) is 121 Å². The van der Waals surface area contributed by atoms with Gasteiger partial charge in [0.25, 0.3) is 0 Å². The quantitative estimate of drug-likeness (QED) is 0.514. The highest BCUT2D eigenvalue weighted by Crippen LogP contribution is 2.27. The van der Waals surface area contributed by atoms with Gasteiger partial charge in [0.2, 0.25) is 0 Å². The minimum atomic E-state index is -0.192. The molecule has 0 saturated carbocycles. The number of aliphatic hydroxyl groups is 1. The summed E-state index contributed by atoms with van der Waals surface area (Å²) in [6, 6.07) is 16.3. The van der Waals surface area contributed by atoms with Crippen molar-refractivity contribution in [2.75, 3.05) is 12.3 Å². The Bertz CT molecular complexity index is 1180. The molecule has 1 aromatic heterocycles. The summed E-state index contributed by atoms with van der Waals surface area (Å²) >= 11 is 12.3. The Hall–Kier alpha value is -3.49. The molecule has 31 heavy (non-hydrogen) atoms. The highest BCUT2D eigenvalue weighted by atomic mass is 35.5. The van der Waals surface area contributed by atoms with E-state index in [4.69, 9.17) is 38.8 Å². The third-order valence-electron chi connectivity index (χ3n) is 4.43. The molecule has 3 rings (SSSR count). The van der Waals surface area contributed by atoms with Crippen LogP contribution in [-0.2, 0) is 13.2 Å². The zero-order valence-electron chi connectivity index (χ0n) is 16.2. The first-order chi connectivity index (χ1) is 15.0. The number of hydrogen-bond acceptors (Lipinski definition) is 6. The lowest BCUT2D eigenvalue weighted by Crippen LogP contribution is -2.07. The molecule has 0 bridgehead atoms. The predicted octanol–water partition coefficient (Wildman–Crippen LogP) is 4.28. The van der Waals surface area contributed by atoms with Crippen molar-refractivity contribution >= 4 is 40.7 Å². The van der Waals surface area contributed by atoms with Gasteiger partial charge in [-0.25, -0.2) is 4.68 Å². The van der Waals surface area contributed by atoms with Crippen LogP contribution in [0.4, 0.5) is 5.82 Å². The van der Waals surface area contributed by atoms with E-state index in [1.54, 1.807) is 48.5 Å². The standard InChI is InChI=1S/C22H17Cl2N5O2/c23-19-2-1-3-20(24)18(19)13-31-16-6-4-14(5-7-16)10-15(11-25)21-17(12-26)22(27)29(28-21)8-9-30/h1-7,10,30H,8-9,13,27H2/b15-10+. The summed E-state index contributed by atoms with van der Waals surface area (Å²) in [5.74, 6) is 0.704. The number of nitrogen functional groups attached to an aromatic ring is 1. The van der Waals surface area contributed by atoms with E-state index < -0.39 is 0 Å². The van der Waals surface area contributed by atoms with Gasteiger partial charge in [0, 0.05) is 15.6 Å². The molecule has 0 radical (unpaired) electrons. The number of benzene rings is 2. The molecule has 0 aliphatic heterocycles. The van der Waals surface area contributed by atoms with E-state index in [2.05, 4.69) is 11.2 Å². The molecule has 0 spiro atoms. The fraction of sp³-hybridized carbons (Fsp3) is 0.136. The van der Waals surface area contributed by atoms with E-state index >= 15 is 0 Å². The summed E-state index contributed by atoms with van der Waals surface area (Å²) in [6.45, 7) is 0.146. The van der Waals surface area contributed by atoms with Gasteiger partial charge < -0.3 is 15.6 Å². The molecule has 0 aliphatic rings. The minimum Gasteiger partial charge on any atom is -0.489 e. The molecule has 3 N–H and O–H groups in total. The van der Waals surface area contributed by atoms with Crippen molar-refractivity contribution in [1.29, 1.82) is 10.5 Å². The van der Waals surface area contributed by atoms with Gasteiger partial charge in [0.05, 0.1) is 18.7 Å². The van der Waals surface area contributed by atoms with Crippen molar-refractivity contribution in [1.82, 2.24) is 9.78 Å². The van der Waals surface area contributed by atoms with E-state index in [1.807, 2.05) is 6.07 Å². The number of hydrogen-bond donors (Lipinski definition) is 2. The highest BCUT2D eigenvalue weighted by molar-refractivity contribution is 6.35. The molecule has 9 heteroatoms. The van der Waals surface area contributed by atoms with E-state index in [1.165, 1.54) is 4.68 Å². The van der Waals surface area contributed by atoms with E-state index in [0.717, 1.165) is 0 Å². The number of aliphatic hydroxyl groups excluding tert-OH is 1. The van der Waals surface area contributed by atoms with Crippen LogP contribution >= 0.6 is 23.2 Å². The number of nitrogens with zero attached hydrogens (tertiary/aromatic N) is 4. The fourth-order valence-electron chi connectivity index (χ4n) is 2.85. The SMILES string of the molecule is N#C/C(=C\c1ccc(OCc2c(Cl)cccc2Cl)cc1)c1nn(CCO)c(N)c1C#N. The van der Waals surface area contributed by atoms with Gasteiger partial charge in [-0.15, -0.1) is 0 Å². The summed E-state index contributed by atoms with van der Waals surface area (Å²) in [5, 5.41) is 33.4. The Morgan fingerprint density at radius 2 is 1.84 bits per heavy atom. The summed E-state index contributed by atoms with van der Waals surface area (Å²) in [7, 11) is 0. The van der Waals surface area contributed by atoms with Gasteiger partial charge >= 0.3 is 0 Å². The minimum absolute atomic E-state index is 0.0952. The van der Waals surface area contributed by atoms with Gasteiger partial charge in [0.1, 0.15) is 41.6 Å². The Morgan fingerprint density at radius 1 is 1.16 bits per heavy atom. The first-order valence-corrected chi connectivity index (χ1v) is 9.89. The van der Waals surface area contributed by atoms with Crippen LogP contribution in [-0.4, -0.2) is 21.5 Å². The lowest BCUT2D eigenvalue weighted by molar-refractivity contribution is 0.270. The van der Waals surface area contributed by atoms with Crippen molar-refractivity contribution in [3.8, 4) is 17.9 Å². The molecule has 0 amide bonds. The number of ether oxygens (including phenoxy) is 1. The zero-order valence-corrected chi connectivity index (χ0v) is 17.7. The molecule has 1 heterocycles. The maximum Gasteiger partial charge on any atom is 0.140 e. The number of anilines is 1. The second-order valence-corrected chi connectivity index (χ2v) is 7.21. The summed E-state index contributed by atoms with van der Waals surface area (Å²) in [6.07, 6.45) is 1.60. The van der Waals surface area contributed by atoms with Crippen LogP contribution in [0, 0.1) is 22.7 Å². The number of aromatic nitrogens is 2. The molecular weight excluding hydrogens is 437 g/mol. The lowest BCUT2D eigenvalue weighted by atomic mass is 10.1. The second kappa shape index (κ2) is 10.0. The number of halogens is 2. The van der Waals surface area contributed by atoms with E-state index in [0.29, 0.717) is 26.9 Å².